The predicted octanol–water partition coefficient (Wildman–Crippen LogP) is -0.129. The van der Waals surface area contributed by atoms with Gasteiger partial charge in [-0.25, -0.2) is 0 Å². The van der Waals surface area contributed by atoms with Crippen molar-refractivity contribution in [1.29, 1.82) is 0 Å². The fourth-order valence-corrected chi connectivity index (χ4v) is 0. The fraction of sp³-hybridized carbons (Fsp3) is 0.333. The van der Waals surface area contributed by atoms with Crippen molar-refractivity contribution in [2.45, 2.75) is 5.50 Å². The SMILES string of the molecule is C=CC(N)Cl.O. The third kappa shape index (κ3) is 9.04. The molecule has 6 heavy (non-hydrogen) atoms. The van der Waals surface area contributed by atoms with E-state index >= 15 is 0 Å². The molecular weight excluding hydrogens is 101 g/mol. The monoisotopic (exact) mass is 109 g/mol. The van der Waals surface area contributed by atoms with Crippen molar-refractivity contribution in [2.24, 2.45) is 5.73 Å². The summed E-state index contributed by atoms with van der Waals surface area (Å²) in [4.78, 5) is 0. The van der Waals surface area contributed by atoms with Gasteiger partial charge in [-0.15, -0.1) is 18.2 Å². The van der Waals surface area contributed by atoms with Gasteiger partial charge in [0.05, 0.1) is 5.50 Å². The maximum atomic E-state index is 5.12. The topological polar surface area (TPSA) is 57.5 Å². The number of halogens is 1. The first-order valence-electron chi connectivity index (χ1n) is 1.29. The molecule has 0 saturated heterocycles. The molecule has 0 spiro atoms. The van der Waals surface area contributed by atoms with Crippen LogP contribution < -0.4 is 5.73 Å². The molecule has 0 bridgehead atoms. The van der Waals surface area contributed by atoms with E-state index in [1.807, 2.05) is 0 Å². The zero-order valence-electron chi connectivity index (χ0n) is 3.32. The molecule has 0 aliphatic rings. The standard InChI is InChI=1S/C3H6ClN.H2O/c1-2-3(4)5;/h2-3H,1,5H2;1H2. The highest BCUT2D eigenvalue weighted by molar-refractivity contribution is 6.21. The Kier molecular flexibility index (Phi) is 7.71. The molecule has 1 atom stereocenters. The quantitative estimate of drug-likeness (QED) is 0.285. The first-order valence-corrected chi connectivity index (χ1v) is 1.73. The van der Waals surface area contributed by atoms with Crippen LogP contribution in [0.5, 0.6) is 0 Å². The lowest BCUT2D eigenvalue weighted by molar-refractivity contribution is 0.824. The van der Waals surface area contributed by atoms with Crippen LogP contribution in [-0.2, 0) is 0 Å². The molecular formula is C3H8ClNO. The van der Waals surface area contributed by atoms with Crippen molar-refractivity contribution in [3.8, 4) is 0 Å². The number of rotatable bonds is 1. The molecule has 0 rings (SSSR count). The van der Waals surface area contributed by atoms with Gasteiger partial charge in [0.2, 0.25) is 0 Å². The highest BCUT2D eigenvalue weighted by Crippen LogP contribution is 1.80. The van der Waals surface area contributed by atoms with Crippen molar-refractivity contribution >= 4 is 11.6 Å². The van der Waals surface area contributed by atoms with Gasteiger partial charge >= 0.3 is 0 Å². The van der Waals surface area contributed by atoms with Crippen molar-refractivity contribution in [3.05, 3.63) is 12.7 Å². The van der Waals surface area contributed by atoms with Gasteiger partial charge in [0.15, 0.2) is 0 Å². The molecule has 4 N–H and O–H groups in total. The van der Waals surface area contributed by atoms with E-state index in [0.717, 1.165) is 0 Å². The van der Waals surface area contributed by atoms with Crippen LogP contribution in [0.3, 0.4) is 0 Å². The summed E-state index contributed by atoms with van der Waals surface area (Å²) in [6.07, 6.45) is 1.46. The van der Waals surface area contributed by atoms with Gasteiger partial charge in [0.25, 0.3) is 0 Å². The smallest absolute Gasteiger partial charge is 0.0984 e. The lowest BCUT2D eigenvalue weighted by Gasteiger charge is -1.82. The normalized spacial score (nSPS) is 11.7. The van der Waals surface area contributed by atoms with Crippen molar-refractivity contribution in [1.82, 2.24) is 0 Å². The zero-order chi connectivity index (χ0) is 4.28. The summed E-state index contributed by atoms with van der Waals surface area (Å²) in [6.45, 7) is 3.30. The maximum Gasteiger partial charge on any atom is 0.0984 e. The molecule has 0 aromatic heterocycles. The van der Waals surface area contributed by atoms with E-state index in [4.69, 9.17) is 17.3 Å². The van der Waals surface area contributed by atoms with Crippen molar-refractivity contribution in [3.63, 3.8) is 0 Å². The highest BCUT2D eigenvalue weighted by atomic mass is 35.5. The van der Waals surface area contributed by atoms with Gasteiger partial charge in [-0.2, -0.15) is 0 Å². The van der Waals surface area contributed by atoms with Crippen LogP contribution in [0.1, 0.15) is 0 Å². The predicted molar refractivity (Wildman–Crippen MR) is 27.6 cm³/mol. The Morgan fingerprint density at radius 2 is 2.00 bits per heavy atom. The Bertz CT molecular complexity index is 37.8. The lowest BCUT2D eigenvalue weighted by atomic mass is 10.7. The third-order valence-electron chi connectivity index (χ3n) is 0.225. The molecule has 3 heteroatoms. The summed E-state index contributed by atoms with van der Waals surface area (Å²) < 4.78 is 0. The second kappa shape index (κ2) is 4.95. The first kappa shape index (κ1) is 9.34. The molecule has 0 saturated carbocycles. The summed E-state index contributed by atoms with van der Waals surface area (Å²) in [6, 6.07) is 0. The van der Waals surface area contributed by atoms with Gasteiger partial charge in [0, 0.05) is 0 Å². The Morgan fingerprint density at radius 1 is 1.83 bits per heavy atom. The van der Waals surface area contributed by atoms with Crippen molar-refractivity contribution < 1.29 is 5.48 Å². The van der Waals surface area contributed by atoms with Gasteiger partial charge in [-0.05, 0) is 0 Å². The summed E-state index contributed by atoms with van der Waals surface area (Å²) in [5.41, 5.74) is 4.56. The van der Waals surface area contributed by atoms with Gasteiger partial charge < -0.3 is 11.2 Å². The van der Waals surface area contributed by atoms with Crippen LogP contribution in [0.4, 0.5) is 0 Å². The summed E-state index contributed by atoms with van der Waals surface area (Å²) >= 11 is 5.12. The largest absolute Gasteiger partial charge is 0.412 e. The van der Waals surface area contributed by atoms with E-state index in [9.17, 15) is 0 Å². The number of hydrogen-bond acceptors (Lipinski definition) is 1. The lowest BCUT2D eigenvalue weighted by Crippen LogP contribution is -2.05. The second-order valence-corrected chi connectivity index (χ2v) is 1.18. The minimum absolute atomic E-state index is 0. The van der Waals surface area contributed by atoms with Gasteiger partial charge in [0.1, 0.15) is 0 Å². The van der Waals surface area contributed by atoms with E-state index in [1.54, 1.807) is 0 Å². The van der Waals surface area contributed by atoms with E-state index in [2.05, 4.69) is 6.58 Å². The molecule has 1 unspecified atom stereocenters. The Balaban J connectivity index is 0. The van der Waals surface area contributed by atoms with Crippen LogP contribution in [-0.4, -0.2) is 11.0 Å². The molecule has 0 aromatic carbocycles. The zero-order valence-corrected chi connectivity index (χ0v) is 4.07. The van der Waals surface area contributed by atoms with Crippen LogP contribution in [0, 0.1) is 0 Å². The maximum absolute atomic E-state index is 5.12. The van der Waals surface area contributed by atoms with Gasteiger partial charge in [-0.1, -0.05) is 6.08 Å². The van der Waals surface area contributed by atoms with E-state index in [1.165, 1.54) is 6.08 Å². The minimum atomic E-state index is -0.380. The van der Waals surface area contributed by atoms with Crippen LogP contribution in [0.15, 0.2) is 12.7 Å². The van der Waals surface area contributed by atoms with Crippen LogP contribution in [0.2, 0.25) is 0 Å². The van der Waals surface area contributed by atoms with E-state index in [0.29, 0.717) is 0 Å². The Hall–Kier alpha value is -0.0500. The molecule has 0 aliphatic heterocycles. The van der Waals surface area contributed by atoms with Gasteiger partial charge in [-0.3, -0.25) is 0 Å². The highest BCUT2D eigenvalue weighted by Gasteiger charge is 1.76. The van der Waals surface area contributed by atoms with Crippen molar-refractivity contribution in [2.75, 3.05) is 0 Å². The molecule has 0 radical (unpaired) electrons. The molecule has 0 aliphatic carbocycles. The number of hydrogen-bond donors (Lipinski definition) is 1. The fourth-order valence-electron chi connectivity index (χ4n) is 0. The van der Waals surface area contributed by atoms with E-state index in [-0.39, 0.29) is 11.0 Å². The average Bonchev–Trinajstić information content (AvgIpc) is 1.38. The number of alkyl halides is 1. The Labute approximate surface area is 41.9 Å². The molecule has 38 valence electrons. The second-order valence-electron chi connectivity index (χ2n) is 0.680. The molecule has 0 heterocycles. The molecule has 0 amide bonds. The number of nitrogens with two attached hydrogens (primary N) is 1. The third-order valence-corrected chi connectivity index (χ3v) is 0.403. The average molecular weight is 110 g/mol. The summed E-state index contributed by atoms with van der Waals surface area (Å²) in [5.74, 6) is 0. The molecule has 2 nitrogen and oxygen atoms in total. The summed E-state index contributed by atoms with van der Waals surface area (Å²) in [5, 5.41) is 0. The van der Waals surface area contributed by atoms with Crippen LogP contribution in [0.25, 0.3) is 0 Å². The first-order chi connectivity index (χ1) is 2.27. The molecule has 0 fully saturated rings. The van der Waals surface area contributed by atoms with Crippen LogP contribution >= 0.6 is 11.6 Å². The molecule has 0 aromatic rings. The van der Waals surface area contributed by atoms with E-state index < -0.39 is 0 Å². The minimum Gasteiger partial charge on any atom is -0.412 e. The Morgan fingerprint density at radius 3 is 2.00 bits per heavy atom. The summed E-state index contributed by atoms with van der Waals surface area (Å²) in [7, 11) is 0.